The van der Waals surface area contributed by atoms with Crippen LogP contribution < -0.4 is 5.32 Å². The largest absolute Gasteiger partial charge is 0.468 e. The minimum atomic E-state index is -1.50. The number of halogens is 3. The van der Waals surface area contributed by atoms with E-state index in [1.54, 1.807) is 13.8 Å². The number of carbonyl (C=O) groups is 1. The fraction of sp³-hybridized carbons (Fsp3) is 0.462. The van der Waals surface area contributed by atoms with Crippen molar-refractivity contribution in [3.8, 4) is 0 Å². The minimum absolute atomic E-state index is 0.0338. The van der Waals surface area contributed by atoms with E-state index in [9.17, 15) is 18.0 Å². The van der Waals surface area contributed by atoms with E-state index in [4.69, 9.17) is 0 Å². The van der Waals surface area contributed by atoms with Gasteiger partial charge in [0.05, 0.1) is 7.11 Å². The highest BCUT2D eigenvalue weighted by molar-refractivity contribution is 5.75. The molecule has 0 spiro atoms. The molecule has 0 aliphatic heterocycles. The van der Waals surface area contributed by atoms with Crippen LogP contribution in [0.3, 0.4) is 0 Å². The molecule has 0 bridgehead atoms. The van der Waals surface area contributed by atoms with E-state index in [1.165, 1.54) is 7.11 Å². The van der Waals surface area contributed by atoms with Gasteiger partial charge in [0.25, 0.3) is 0 Å². The second kappa shape index (κ2) is 6.56. The van der Waals surface area contributed by atoms with E-state index in [0.717, 1.165) is 12.1 Å². The predicted octanol–water partition coefficient (Wildman–Crippen LogP) is 2.39. The summed E-state index contributed by atoms with van der Waals surface area (Å²) in [6.07, 6.45) is 0. The second-order valence-electron chi connectivity index (χ2n) is 4.50. The lowest BCUT2D eigenvalue weighted by Crippen LogP contribution is -2.41. The predicted molar refractivity (Wildman–Crippen MR) is 63.8 cm³/mol. The van der Waals surface area contributed by atoms with Crippen LogP contribution in [0.15, 0.2) is 12.1 Å². The van der Waals surface area contributed by atoms with Gasteiger partial charge in [-0.2, -0.15) is 0 Å². The van der Waals surface area contributed by atoms with Crippen LogP contribution >= 0.6 is 0 Å². The molecule has 0 radical (unpaired) electrons. The first-order chi connectivity index (χ1) is 8.86. The quantitative estimate of drug-likeness (QED) is 0.662. The lowest BCUT2D eigenvalue weighted by molar-refractivity contribution is -0.144. The molecule has 0 amide bonds. The van der Waals surface area contributed by atoms with Crippen molar-refractivity contribution in [2.75, 3.05) is 7.11 Å². The molecule has 1 unspecified atom stereocenters. The summed E-state index contributed by atoms with van der Waals surface area (Å²) in [5.41, 5.74) is 0.214. The van der Waals surface area contributed by atoms with Crippen molar-refractivity contribution < 1.29 is 22.7 Å². The van der Waals surface area contributed by atoms with Gasteiger partial charge in [-0.15, -0.1) is 0 Å². The van der Waals surface area contributed by atoms with Crippen LogP contribution in [0.1, 0.15) is 19.4 Å². The Morgan fingerprint density at radius 3 is 2.21 bits per heavy atom. The fourth-order valence-corrected chi connectivity index (χ4v) is 1.66. The van der Waals surface area contributed by atoms with Crippen LogP contribution in [0.25, 0.3) is 0 Å². The average Bonchev–Trinajstić information content (AvgIpc) is 2.35. The molecule has 0 fully saturated rings. The molecular formula is C13H16F3NO2. The number of carbonyl (C=O) groups excluding carboxylic acids is 1. The van der Waals surface area contributed by atoms with Crippen LogP contribution in [0.2, 0.25) is 0 Å². The highest BCUT2D eigenvalue weighted by Gasteiger charge is 2.22. The van der Waals surface area contributed by atoms with Crippen molar-refractivity contribution in [1.29, 1.82) is 0 Å². The number of methoxy groups -OCH3 is 1. The number of nitrogens with one attached hydrogen (secondary N) is 1. The van der Waals surface area contributed by atoms with E-state index < -0.39 is 29.5 Å². The Bertz CT molecular complexity index is 440. The van der Waals surface area contributed by atoms with Crippen LogP contribution in [0, 0.1) is 23.4 Å². The summed E-state index contributed by atoms with van der Waals surface area (Å²) in [6.45, 7) is 3.65. The maximum absolute atomic E-state index is 13.0. The smallest absolute Gasteiger partial charge is 0.323 e. The molecule has 1 atom stereocenters. The summed E-state index contributed by atoms with van der Waals surface area (Å²) in [7, 11) is 1.26. The van der Waals surface area contributed by atoms with E-state index >= 15 is 0 Å². The van der Waals surface area contributed by atoms with Crippen molar-refractivity contribution in [2.24, 2.45) is 5.92 Å². The highest BCUT2D eigenvalue weighted by Crippen LogP contribution is 2.14. The molecule has 0 aliphatic rings. The summed E-state index contributed by atoms with van der Waals surface area (Å²) in [5, 5.41) is 2.83. The van der Waals surface area contributed by atoms with Crippen molar-refractivity contribution in [3.63, 3.8) is 0 Å². The fourth-order valence-electron chi connectivity index (χ4n) is 1.66. The Hall–Kier alpha value is -1.56. The summed E-state index contributed by atoms with van der Waals surface area (Å²) in [6, 6.07) is 1.18. The second-order valence-corrected chi connectivity index (χ2v) is 4.50. The van der Waals surface area contributed by atoms with E-state index in [2.05, 4.69) is 10.1 Å². The van der Waals surface area contributed by atoms with Crippen molar-refractivity contribution >= 4 is 5.97 Å². The zero-order chi connectivity index (χ0) is 14.6. The van der Waals surface area contributed by atoms with Gasteiger partial charge in [0.15, 0.2) is 17.5 Å². The topological polar surface area (TPSA) is 38.3 Å². The molecule has 1 N–H and O–H groups in total. The molecule has 0 aliphatic carbocycles. The normalized spacial score (nSPS) is 12.6. The van der Waals surface area contributed by atoms with E-state index in [-0.39, 0.29) is 18.0 Å². The zero-order valence-corrected chi connectivity index (χ0v) is 11.0. The average molecular weight is 275 g/mol. The summed E-state index contributed by atoms with van der Waals surface area (Å²) < 4.78 is 43.4. The molecule has 1 rings (SSSR count). The van der Waals surface area contributed by atoms with Gasteiger partial charge in [0, 0.05) is 6.54 Å². The third kappa shape index (κ3) is 3.96. The molecule has 1 aromatic carbocycles. The Kier molecular flexibility index (Phi) is 5.35. The molecule has 1 aromatic rings. The first-order valence-electron chi connectivity index (χ1n) is 5.81. The lowest BCUT2D eigenvalue weighted by Gasteiger charge is -2.19. The van der Waals surface area contributed by atoms with Crippen molar-refractivity contribution in [2.45, 2.75) is 26.4 Å². The molecule has 0 aromatic heterocycles. The number of ether oxygens (including phenoxy) is 1. The standard InChI is InChI=1S/C13H16F3NO2/c1-7(2)12(13(18)19-3)17-6-8-4-9(14)11(16)10(15)5-8/h4-5,7,12,17H,6H2,1-3H3. The summed E-state index contributed by atoms with van der Waals surface area (Å²) in [5.74, 6) is -4.52. The van der Waals surface area contributed by atoms with Gasteiger partial charge < -0.3 is 10.1 Å². The third-order valence-corrected chi connectivity index (χ3v) is 2.69. The molecule has 106 valence electrons. The number of esters is 1. The van der Waals surface area contributed by atoms with Crippen molar-refractivity contribution in [3.05, 3.63) is 35.1 Å². The molecule has 0 saturated carbocycles. The van der Waals surface area contributed by atoms with Gasteiger partial charge in [-0.3, -0.25) is 4.79 Å². The zero-order valence-electron chi connectivity index (χ0n) is 11.0. The van der Waals surface area contributed by atoms with Gasteiger partial charge in [0.1, 0.15) is 6.04 Å². The van der Waals surface area contributed by atoms with Gasteiger partial charge in [-0.05, 0) is 23.6 Å². The maximum atomic E-state index is 13.0. The van der Waals surface area contributed by atoms with E-state index in [0.29, 0.717) is 0 Å². The Labute approximate surface area is 109 Å². The highest BCUT2D eigenvalue weighted by atomic mass is 19.2. The molecule has 0 saturated heterocycles. The minimum Gasteiger partial charge on any atom is -0.468 e. The number of hydrogen-bond acceptors (Lipinski definition) is 3. The lowest BCUT2D eigenvalue weighted by atomic mass is 10.0. The van der Waals surface area contributed by atoms with Crippen molar-refractivity contribution in [1.82, 2.24) is 5.32 Å². The Morgan fingerprint density at radius 2 is 1.79 bits per heavy atom. The van der Waals surface area contributed by atoms with Crippen LogP contribution in [0.4, 0.5) is 13.2 Å². The molecule has 3 nitrogen and oxygen atoms in total. The Balaban J connectivity index is 2.77. The molecular weight excluding hydrogens is 259 g/mol. The summed E-state index contributed by atoms with van der Waals surface area (Å²) in [4.78, 5) is 11.5. The van der Waals surface area contributed by atoms with Gasteiger partial charge in [-0.25, -0.2) is 13.2 Å². The van der Waals surface area contributed by atoms with Crippen LogP contribution in [-0.2, 0) is 16.1 Å². The number of benzene rings is 1. The first kappa shape index (κ1) is 15.5. The van der Waals surface area contributed by atoms with E-state index in [1.807, 2.05) is 0 Å². The van der Waals surface area contributed by atoms with Gasteiger partial charge in [-0.1, -0.05) is 13.8 Å². The number of hydrogen-bond donors (Lipinski definition) is 1. The number of rotatable bonds is 5. The molecule has 0 heterocycles. The monoisotopic (exact) mass is 275 g/mol. The summed E-state index contributed by atoms with van der Waals surface area (Å²) >= 11 is 0. The first-order valence-corrected chi connectivity index (χ1v) is 5.81. The SMILES string of the molecule is COC(=O)C(NCc1cc(F)c(F)c(F)c1)C(C)C. The van der Waals surface area contributed by atoms with Crippen LogP contribution in [-0.4, -0.2) is 19.1 Å². The molecule has 6 heteroatoms. The van der Waals surface area contributed by atoms with Gasteiger partial charge >= 0.3 is 5.97 Å². The van der Waals surface area contributed by atoms with Crippen LogP contribution in [0.5, 0.6) is 0 Å². The third-order valence-electron chi connectivity index (χ3n) is 2.69. The molecule has 19 heavy (non-hydrogen) atoms. The maximum Gasteiger partial charge on any atom is 0.323 e. The van der Waals surface area contributed by atoms with Gasteiger partial charge in [0.2, 0.25) is 0 Å². The Morgan fingerprint density at radius 1 is 1.26 bits per heavy atom.